The zero-order valence-corrected chi connectivity index (χ0v) is 18.8. The molecule has 1 aliphatic carbocycles. The number of aryl methyl sites for hydroxylation is 1. The smallest absolute Gasteiger partial charge is 0.270 e. The van der Waals surface area contributed by atoms with Gasteiger partial charge in [-0.15, -0.1) is 5.10 Å². The topological polar surface area (TPSA) is 121 Å². The molecule has 4 rings (SSSR count). The van der Waals surface area contributed by atoms with Crippen LogP contribution in [0, 0.1) is 18.7 Å². The summed E-state index contributed by atoms with van der Waals surface area (Å²) >= 11 is 0. The third-order valence-electron chi connectivity index (χ3n) is 5.88. The minimum atomic E-state index is -0.455. The number of carbonyl (C=O) groups excluding carboxylic acids is 1. The molecule has 1 amide bonds. The molecule has 0 spiro atoms. The minimum Gasteiger partial charge on any atom is -0.494 e. The normalized spacial score (nSPS) is 18.2. The molecule has 0 aliphatic heterocycles. The van der Waals surface area contributed by atoms with E-state index in [9.17, 15) is 9.18 Å². The third-order valence-corrected chi connectivity index (χ3v) is 5.88. The summed E-state index contributed by atoms with van der Waals surface area (Å²) in [7, 11) is 1.40. The second kappa shape index (κ2) is 10.0. The van der Waals surface area contributed by atoms with E-state index in [1.54, 1.807) is 25.1 Å². The van der Waals surface area contributed by atoms with Crippen LogP contribution in [0.15, 0.2) is 30.5 Å². The summed E-state index contributed by atoms with van der Waals surface area (Å²) in [6, 6.07) is 6.35. The number of rotatable bonds is 7. The van der Waals surface area contributed by atoms with Crippen LogP contribution >= 0.6 is 0 Å². The van der Waals surface area contributed by atoms with Crippen LogP contribution < -0.4 is 15.8 Å². The highest BCUT2D eigenvalue weighted by atomic mass is 19.1. The SMILES string of the molecule is COc1cc(CNC(=O)c2cc(-c3cn(CC4CCC(N)CC4)nn3)nc(C)n2)ccc1F. The molecule has 1 fully saturated rings. The molecule has 3 aromatic rings. The Bertz CT molecular complexity index is 1130. The van der Waals surface area contributed by atoms with Crippen LogP contribution in [0.1, 0.15) is 47.6 Å². The summed E-state index contributed by atoms with van der Waals surface area (Å²) < 4.78 is 20.4. The lowest BCUT2D eigenvalue weighted by atomic mass is 9.86. The fourth-order valence-corrected chi connectivity index (χ4v) is 4.04. The molecule has 9 nitrogen and oxygen atoms in total. The zero-order chi connectivity index (χ0) is 23.4. The number of benzene rings is 1. The number of nitrogens with zero attached hydrogens (tertiary/aromatic N) is 5. The summed E-state index contributed by atoms with van der Waals surface area (Å²) in [5.41, 5.74) is 8.05. The van der Waals surface area contributed by atoms with Crippen molar-refractivity contribution in [2.24, 2.45) is 11.7 Å². The number of hydrogen-bond donors (Lipinski definition) is 2. The van der Waals surface area contributed by atoms with Gasteiger partial charge in [-0.2, -0.15) is 0 Å². The molecule has 10 heteroatoms. The molecule has 2 heterocycles. The quantitative estimate of drug-likeness (QED) is 0.564. The Morgan fingerprint density at radius 3 is 2.76 bits per heavy atom. The number of ether oxygens (including phenoxy) is 1. The average Bonchev–Trinajstić information content (AvgIpc) is 3.28. The molecule has 1 saturated carbocycles. The molecular weight excluding hydrogens is 425 g/mol. The van der Waals surface area contributed by atoms with Gasteiger partial charge in [-0.1, -0.05) is 11.3 Å². The Balaban J connectivity index is 1.43. The van der Waals surface area contributed by atoms with Gasteiger partial charge in [0.2, 0.25) is 0 Å². The lowest BCUT2D eigenvalue weighted by Crippen LogP contribution is -2.28. The van der Waals surface area contributed by atoms with E-state index in [0.29, 0.717) is 34.7 Å². The predicted octanol–water partition coefficient (Wildman–Crippen LogP) is 2.64. The Morgan fingerprint density at radius 1 is 1.21 bits per heavy atom. The van der Waals surface area contributed by atoms with Gasteiger partial charge in [0, 0.05) is 19.1 Å². The second-order valence-electron chi connectivity index (χ2n) is 8.44. The fourth-order valence-electron chi connectivity index (χ4n) is 4.04. The van der Waals surface area contributed by atoms with Crippen molar-refractivity contribution in [1.82, 2.24) is 30.3 Å². The van der Waals surface area contributed by atoms with Gasteiger partial charge < -0.3 is 15.8 Å². The first-order chi connectivity index (χ1) is 15.9. The molecule has 33 heavy (non-hydrogen) atoms. The van der Waals surface area contributed by atoms with Crippen molar-refractivity contribution < 1.29 is 13.9 Å². The first-order valence-electron chi connectivity index (χ1n) is 11.0. The maximum Gasteiger partial charge on any atom is 0.270 e. The number of aromatic nitrogens is 5. The summed E-state index contributed by atoms with van der Waals surface area (Å²) in [6.07, 6.45) is 6.12. The van der Waals surface area contributed by atoms with E-state index in [1.807, 2.05) is 10.9 Å². The van der Waals surface area contributed by atoms with E-state index in [2.05, 4.69) is 25.6 Å². The van der Waals surface area contributed by atoms with E-state index in [4.69, 9.17) is 10.5 Å². The minimum absolute atomic E-state index is 0.126. The van der Waals surface area contributed by atoms with Gasteiger partial charge >= 0.3 is 0 Å². The molecule has 0 saturated heterocycles. The van der Waals surface area contributed by atoms with E-state index in [-0.39, 0.29) is 23.9 Å². The van der Waals surface area contributed by atoms with Crippen molar-refractivity contribution in [3.8, 4) is 17.1 Å². The van der Waals surface area contributed by atoms with Crippen LogP contribution in [0.25, 0.3) is 11.4 Å². The Hall–Kier alpha value is -3.40. The van der Waals surface area contributed by atoms with E-state index >= 15 is 0 Å². The van der Waals surface area contributed by atoms with Gasteiger partial charge in [-0.25, -0.2) is 14.4 Å². The predicted molar refractivity (Wildman–Crippen MR) is 120 cm³/mol. The van der Waals surface area contributed by atoms with Gasteiger partial charge in [0.1, 0.15) is 17.2 Å². The fraction of sp³-hybridized carbons (Fsp3) is 0.435. The van der Waals surface area contributed by atoms with Crippen molar-refractivity contribution in [1.29, 1.82) is 0 Å². The van der Waals surface area contributed by atoms with E-state index in [1.165, 1.54) is 13.2 Å². The van der Waals surface area contributed by atoms with Crippen LogP contribution in [0.3, 0.4) is 0 Å². The van der Waals surface area contributed by atoms with Crippen LogP contribution in [0.2, 0.25) is 0 Å². The molecule has 0 atom stereocenters. The first kappa shape index (κ1) is 22.8. The molecule has 0 radical (unpaired) electrons. The molecule has 174 valence electrons. The van der Waals surface area contributed by atoms with Gasteiger partial charge in [0.25, 0.3) is 5.91 Å². The number of hydrogen-bond acceptors (Lipinski definition) is 7. The molecule has 2 aromatic heterocycles. The average molecular weight is 454 g/mol. The van der Waals surface area contributed by atoms with Crippen molar-refractivity contribution >= 4 is 5.91 Å². The molecule has 1 aliphatic rings. The zero-order valence-electron chi connectivity index (χ0n) is 18.8. The standard InChI is InChI=1S/C23H28FN7O2/c1-14-27-19(21-13-31(30-29-21)12-15-3-6-17(25)7-4-15)10-20(28-14)23(32)26-11-16-5-8-18(24)22(9-16)33-2/h5,8-10,13,15,17H,3-4,6-7,11-12,25H2,1-2H3,(H,26,32). The summed E-state index contributed by atoms with van der Waals surface area (Å²) in [4.78, 5) is 21.4. The number of methoxy groups -OCH3 is 1. The summed E-state index contributed by atoms with van der Waals surface area (Å²) in [5.74, 6) is 0.302. The molecular formula is C23H28FN7O2. The monoisotopic (exact) mass is 453 g/mol. The van der Waals surface area contributed by atoms with Crippen LogP contribution in [-0.2, 0) is 13.1 Å². The van der Waals surface area contributed by atoms with Crippen molar-refractivity contribution in [3.05, 3.63) is 53.4 Å². The highest BCUT2D eigenvalue weighted by Gasteiger charge is 2.20. The van der Waals surface area contributed by atoms with Gasteiger partial charge in [-0.05, 0) is 62.3 Å². The van der Waals surface area contributed by atoms with Gasteiger partial charge in [0.15, 0.2) is 11.6 Å². The Kier molecular flexibility index (Phi) is 6.93. The number of nitrogens with one attached hydrogen (secondary N) is 1. The van der Waals surface area contributed by atoms with Crippen molar-refractivity contribution in [2.45, 2.75) is 51.7 Å². The Morgan fingerprint density at radius 2 is 2.00 bits per heavy atom. The maximum absolute atomic E-state index is 13.6. The van der Waals surface area contributed by atoms with Crippen LogP contribution in [0.5, 0.6) is 5.75 Å². The highest BCUT2D eigenvalue weighted by Crippen LogP contribution is 2.25. The second-order valence-corrected chi connectivity index (χ2v) is 8.44. The molecule has 0 unspecified atom stereocenters. The van der Waals surface area contributed by atoms with Crippen LogP contribution in [0.4, 0.5) is 4.39 Å². The number of nitrogens with two attached hydrogens (primary N) is 1. The van der Waals surface area contributed by atoms with Crippen molar-refractivity contribution in [3.63, 3.8) is 0 Å². The number of halogens is 1. The van der Waals surface area contributed by atoms with E-state index in [0.717, 1.165) is 32.2 Å². The molecule has 3 N–H and O–H groups in total. The van der Waals surface area contributed by atoms with Gasteiger partial charge in [0.05, 0.1) is 19.0 Å². The Labute approximate surface area is 191 Å². The van der Waals surface area contributed by atoms with Gasteiger partial charge in [-0.3, -0.25) is 9.48 Å². The van der Waals surface area contributed by atoms with Crippen molar-refractivity contribution in [2.75, 3.05) is 7.11 Å². The highest BCUT2D eigenvalue weighted by molar-refractivity contribution is 5.93. The number of carbonyl (C=O) groups is 1. The number of amides is 1. The summed E-state index contributed by atoms with van der Waals surface area (Å²) in [6.45, 7) is 2.72. The lowest BCUT2D eigenvalue weighted by molar-refractivity contribution is 0.0945. The lowest BCUT2D eigenvalue weighted by Gasteiger charge is -2.25. The van der Waals surface area contributed by atoms with E-state index < -0.39 is 5.82 Å². The first-order valence-corrected chi connectivity index (χ1v) is 11.0. The summed E-state index contributed by atoms with van der Waals surface area (Å²) in [5, 5.41) is 11.3. The maximum atomic E-state index is 13.6. The largest absolute Gasteiger partial charge is 0.494 e. The molecule has 1 aromatic carbocycles. The third kappa shape index (κ3) is 5.70. The van der Waals surface area contributed by atoms with Crippen LogP contribution in [-0.4, -0.2) is 44.0 Å². The molecule has 0 bridgehead atoms.